The van der Waals surface area contributed by atoms with Crippen LogP contribution in [0.4, 0.5) is 0 Å². The summed E-state index contributed by atoms with van der Waals surface area (Å²) in [5.41, 5.74) is 4.43. The molecule has 0 atom stereocenters. The molecule has 2 N–H and O–H groups in total. The first-order chi connectivity index (χ1) is 14.6. The van der Waals surface area contributed by atoms with Gasteiger partial charge in [-0.05, 0) is 30.9 Å². The maximum Gasteiger partial charge on any atom is 0.222 e. The van der Waals surface area contributed by atoms with Gasteiger partial charge in [0.2, 0.25) is 5.91 Å². The molecule has 0 saturated carbocycles. The van der Waals surface area contributed by atoms with Crippen molar-refractivity contribution in [3.05, 3.63) is 52.4 Å². The van der Waals surface area contributed by atoms with Gasteiger partial charge in [0.05, 0.1) is 12.2 Å². The number of carbonyl (C=O) groups is 1. The first-order valence-electron chi connectivity index (χ1n) is 11.0. The van der Waals surface area contributed by atoms with Crippen LogP contribution >= 0.6 is 0 Å². The predicted octanol–water partition coefficient (Wildman–Crippen LogP) is 3.18. The van der Waals surface area contributed by atoms with E-state index >= 15 is 0 Å². The number of nitrogens with one attached hydrogen (secondary N) is 2. The van der Waals surface area contributed by atoms with Crippen LogP contribution in [0, 0.1) is 0 Å². The minimum atomic E-state index is 0.260. The van der Waals surface area contributed by atoms with Gasteiger partial charge in [0.1, 0.15) is 5.76 Å². The van der Waals surface area contributed by atoms with E-state index in [1.807, 2.05) is 4.90 Å². The number of aliphatic imine (C=N–C) groups is 1. The molecule has 7 nitrogen and oxygen atoms in total. The second-order valence-electron chi connectivity index (χ2n) is 7.52. The van der Waals surface area contributed by atoms with Crippen molar-refractivity contribution in [2.24, 2.45) is 4.99 Å². The molecule has 3 rings (SSSR count). The Morgan fingerprint density at radius 3 is 2.53 bits per heavy atom. The summed E-state index contributed by atoms with van der Waals surface area (Å²) in [6.45, 7) is 9.81. The monoisotopic (exact) mass is 411 g/mol. The molecule has 1 amide bonds. The molecule has 1 aliphatic rings. The molecule has 2 aromatic rings. The summed E-state index contributed by atoms with van der Waals surface area (Å²) in [5, 5.41) is 10.9. The van der Waals surface area contributed by atoms with Gasteiger partial charge >= 0.3 is 0 Å². The summed E-state index contributed by atoms with van der Waals surface area (Å²) in [5.74, 6) is 1.96. The lowest BCUT2D eigenvalue weighted by Gasteiger charge is -2.15. The highest BCUT2D eigenvalue weighted by Gasteiger charge is 2.19. The topological polar surface area (TPSA) is 82.8 Å². The van der Waals surface area contributed by atoms with E-state index in [1.54, 1.807) is 0 Å². The smallest absolute Gasteiger partial charge is 0.222 e. The number of aryl methyl sites for hydroxylation is 2. The third-order valence-electron chi connectivity index (χ3n) is 5.37. The van der Waals surface area contributed by atoms with Crippen LogP contribution in [0.15, 0.2) is 33.8 Å². The number of hydrogen-bond acceptors (Lipinski definition) is 4. The fourth-order valence-electron chi connectivity index (χ4n) is 3.66. The highest BCUT2D eigenvalue weighted by molar-refractivity contribution is 5.79. The van der Waals surface area contributed by atoms with Crippen LogP contribution in [-0.2, 0) is 37.3 Å². The molecule has 1 aliphatic heterocycles. The number of guanidine groups is 1. The Hall–Kier alpha value is -2.83. The Balaban J connectivity index is 1.59. The molecule has 30 heavy (non-hydrogen) atoms. The SMILES string of the molecule is CCNC(=NCc1ccc(CN2CCCC2=O)cc1)NCc1c(CC)noc1CC. The summed E-state index contributed by atoms with van der Waals surface area (Å²) in [4.78, 5) is 18.4. The van der Waals surface area contributed by atoms with Crippen molar-refractivity contribution in [3.63, 3.8) is 0 Å². The Morgan fingerprint density at radius 1 is 1.13 bits per heavy atom. The summed E-state index contributed by atoms with van der Waals surface area (Å²) in [6.07, 6.45) is 3.33. The number of rotatable bonds is 9. The molecular weight excluding hydrogens is 378 g/mol. The molecule has 0 spiro atoms. The zero-order chi connectivity index (χ0) is 21.3. The molecule has 0 bridgehead atoms. The third-order valence-corrected chi connectivity index (χ3v) is 5.37. The van der Waals surface area contributed by atoms with E-state index < -0.39 is 0 Å². The number of nitrogens with zero attached hydrogens (tertiary/aromatic N) is 3. The number of hydrogen-bond donors (Lipinski definition) is 2. The first kappa shape index (κ1) is 21.9. The van der Waals surface area contributed by atoms with Gasteiger partial charge in [0.25, 0.3) is 0 Å². The highest BCUT2D eigenvalue weighted by atomic mass is 16.5. The van der Waals surface area contributed by atoms with Crippen molar-refractivity contribution < 1.29 is 9.32 Å². The lowest BCUT2D eigenvalue weighted by Crippen LogP contribution is -2.37. The van der Waals surface area contributed by atoms with E-state index in [0.717, 1.165) is 66.5 Å². The van der Waals surface area contributed by atoms with Gasteiger partial charge in [-0.2, -0.15) is 0 Å². The molecule has 1 aromatic heterocycles. The Bertz CT molecular complexity index is 835. The van der Waals surface area contributed by atoms with Gasteiger partial charge in [-0.3, -0.25) is 4.79 Å². The average molecular weight is 412 g/mol. The van der Waals surface area contributed by atoms with E-state index in [4.69, 9.17) is 9.52 Å². The fourth-order valence-corrected chi connectivity index (χ4v) is 3.66. The number of amides is 1. The first-order valence-corrected chi connectivity index (χ1v) is 11.0. The summed E-state index contributed by atoms with van der Waals surface area (Å²) in [7, 11) is 0. The van der Waals surface area contributed by atoms with E-state index in [9.17, 15) is 4.79 Å². The van der Waals surface area contributed by atoms with Crippen molar-refractivity contribution >= 4 is 11.9 Å². The molecule has 7 heteroatoms. The van der Waals surface area contributed by atoms with Gasteiger partial charge in [-0.15, -0.1) is 0 Å². The highest BCUT2D eigenvalue weighted by Crippen LogP contribution is 2.16. The fraction of sp³-hybridized carbons (Fsp3) is 0.522. The van der Waals surface area contributed by atoms with Gasteiger partial charge in [0, 0.05) is 44.6 Å². The van der Waals surface area contributed by atoms with Crippen LogP contribution in [-0.4, -0.2) is 35.0 Å². The maximum atomic E-state index is 11.8. The predicted molar refractivity (Wildman–Crippen MR) is 118 cm³/mol. The number of benzene rings is 1. The van der Waals surface area contributed by atoms with Gasteiger partial charge < -0.3 is 20.1 Å². The number of likely N-dealkylation sites (tertiary alicyclic amines) is 1. The van der Waals surface area contributed by atoms with Crippen molar-refractivity contribution in [2.75, 3.05) is 13.1 Å². The molecule has 1 saturated heterocycles. The van der Waals surface area contributed by atoms with Crippen molar-refractivity contribution in [1.82, 2.24) is 20.7 Å². The third kappa shape index (κ3) is 5.62. The van der Waals surface area contributed by atoms with Crippen LogP contribution in [0.1, 0.15) is 61.8 Å². The zero-order valence-corrected chi connectivity index (χ0v) is 18.3. The molecule has 2 heterocycles. The van der Waals surface area contributed by atoms with Crippen LogP contribution in [0.3, 0.4) is 0 Å². The second-order valence-corrected chi connectivity index (χ2v) is 7.52. The number of aromatic nitrogens is 1. The maximum absolute atomic E-state index is 11.8. The molecule has 1 aromatic carbocycles. The van der Waals surface area contributed by atoms with Gasteiger partial charge in [-0.1, -0.05) is 43.3 Å². The Labute approximate surface area is 178 Å². The Morgan fingerprint density at radius 2 is 1.90 bits per heavy atom. The lowest BCUT2D eigenvalue weighted by molar-refractivity contribution is -0.128. The van der Waals surface area contributed by atoms with Crippen molar-refractivity contribution in [1.29, 1.82) is 0 Å². The van der Waals surface area contributed by atoms with Crippen LogP contribution in [0.2, 0.25) is 0 Å². The molecule has 0 unspecified atom stereocenters. The summed E-state index contributed by atoms with van der Waals surface area (Å²) >= 11 is 0. The zero-order valence-electron chi connectivity index (χ0n) is 18.3. The second kappa shape index (κ2) is 10.8. The van der Waals surface area contributed by atoms with E-state index in [1.165, 1.54) is 0 Å². The van der Waals surface area contributed by atoms with Crippen LogP contribution in [0.5, 0.6) is 0 Å². The largest absolute Gasteiger partial charge is 0.361 e. The standard InChI is InChI=1S/C23H33N5O2/c1-4-20-19(21(5-2)30-27-20)15-26-23(24-6-3)25-14-17-9-11-18(12-10-17)16-28-13-7-8-22(28)29/h9-12H,4-8,13-16H2,1-3H3,(H2,24,25,26). The number of carbonyl (C=O) groups excluding carboxylic acids is 1. The normalized spacial score (nSPS) is 14.4. The van der Waals surface area contributed by atoms with E-state index in [2.05, 4.69) is 60.8 Å². The minimum Gasteiger partial charge on any atom is -0.361 e. The van der Waals surface area contributed by atoms with E-state index in [-0.39, 0.29) is 5.91 Å². The van der Waals surface area contributed by atoms with Gasteiger partial charge in [0.15, 0.2) is 5.96 Å². The molecule has 0 radical (unpaired) electrons. The van der Waals surface area contributed by atoms with Crippen LogP contribution in [0.25, 0.3) is 0 Å². The quantitative estimate of drug-likeness (QED) is 0.489. The van der Waals surface area contributed by atoms with E-state index in [0.29, 0.717) is 26.1 Å². The van der Waals surface area contributed by atoms with Crippen LogP contribution < -0.4 is 10.6 Å². The lowest BCUT2D eigenvalue weighted by atomic mass is 10.1. The Kier molecular flexibility index (Phi) is 7.88. The summed E-state index contributed by atoms with van der Waals surface area (Å²) < 4.78 is 5.45. The van der Waals surface area contributed by atoms with Crippen molar-refractivity contribution in [2.45, 2.75) is 66.1 Å². The average Bonchev–Trinajstić information content (AvgIpc) is 3.36. The van der Waals surface area contributed by atoms with Gasteiger partial charge in [-0.25, -0.2) is 4.99 Å². The summed E-state index contributed by atoms with van der Waals surface area (Å²) in [6, 6.07) is 8.37. The molecule has 0 aliphatic carbocycles. The molecule has 1 fully saturated rings. The molecule has 162 valence electrons. The molecular formula is C23H33N5O2. The minimum absolute atomic E-state index is 0.260. The van der Waals surface area contributed by atoms with Crippen molar-refractivity contribution in [3.8, 4) is 0 Å².